The first-order valence-corrected chi connectivity index (χ1v) is 8.83. The summed E-state index contributed by atoms with van der Waals surface area (Å²) in [6.45, 7) is 2.84. The molecule has 0 amide bonds. The lowest BCUT2D eigenvalue weighted by Crippen LogP contribution is -2.62. The number of hydrogen-bond donors (Lipinski definition) is 0. The van der Waals surface area contributed by atoms with Gasteiger partial charge in [-0.15, -0.1) is 0 Å². The van der Waals surface area contributed by atoms with Gasteiger partial charge in [0.1, 0.15) is 12.2 Å². The molecule has 3 rings (SSSR count). The highest BCUT2D eigenvalue weighted by Crippen LogP contribution is 2.37. The zero-order valence-electron chi connectivity index (χ0n) is 13.8. The van der Waals surface area contributed by atoms with E-state index in [1.165, 1.54) is 13.8 Å². The molecule has 6 atom stereocenters. The zero-order valence-corrected chi connectivity index (χ0v) is 15.4. The van der Waals surface area contributed by atoms with Crippen LogP contribution < -0.4 is 0 Å². The lowest BCUT2D eigenvalue weighted by Gasteiger charge is -2.47. The van der Waals surface area contributed by atoms with Crippen molar-refractivity contribution in [1.82, 2.24) is 0 Å². The van der Waals surface area contributed by atoms with Crippen LogP contribution in [-0.2, 0) is 33.3 Å². The summed E-state index contributed by atoms with van der Waals surface area (Å²) in [5.74, 6) is -0.992. The fourth-order valence-corrected chi connectivity index (χ4v) is 3.64. The topological polar surface area (TPSA) is 80.3 Å². The van der Waals surface area contributed by atoms with E-state index >= 15 is 0 Å². The Bertz CT molecular complexity index is 623. The molecule has 7 nitrogen and oxygen atoms in total. The van der Waals surface area contributed by atoms with Crippen LogP contribution in [0.3, 0.4) is 0 Å². The highest BCUT2D eigenvalue weighted by Gasteiger charge is 2.52. The molecule has 2 heterocycles. The molecule has 0 aliphatic carbocycles. The number of alkyl halides is 1. The number of carbonyl (C=O) groups excluding carboxylic acids is 2. The van der Waals surface area contributed by atoms with Crippen molar-refractivity contribution in [3.63, 3.8) is 0 Å². The maximum atomic E-state index is 11.6. The van der Waals surface area contributed by atoms with Crippen LogP contribution in [0.15, 0.2) is 30.3 Å². The minimum atomic E-state index is -0.822. The Morgan fingerprint density at radius 3 is 2.32 bits per heavy atom. The Kier molecular flexibility index (Phi) is 5.73. The molecule has 2 fully saturated rings. The highest BCUT2D eigenvalue weighted by molar-refractivity contribution is 9.09. The minimum absolute atomic E-state index is 0.261. The van der Waals surface area contributed by atoms with E-state index in [9.17, 15) is 9.59 Å². The third kappa shape index (κ3) is 4.20. The van der Waals surface area contributed by atoms with Crippen molar-refractivity contribution in [2.24, 2.45) is 0 Å². The van der Waals surface area contributed by atoms with Crippen molar-refractivity contribution in [2.45, 2.75) is 49.6 Å². The van der Waals surface area contributed by atoms with Gasteiger partial charge in [0.15, 0.2) is 23.5 Å². The van der Waals surface area contributed by atoms with E-state index in [-0.39, 0.29) is 6.61 Å². The molecule has 25 heavy (non-hydrogen) atoms. The number of esters is 2. The number of hydrogen-bond acceptors (Lipinski definition) is 7. The second-order valence-corrected chi connectivity index (χ2v) is 6.75. The van der Waals surface area contributed by atoms with Gasteiger partial charge in [0, 0.05) is 19.4 Å². The van der Waals surface area contributed by atoms with E-state index in [4.69, 9.17) is 23.7 Å². The van der Waals surface area contributed by atoms with Gasteiger partial charge in [0.25, 0.3) is 0 Å². The van der Waals surface area contributed by atoms with Gasteiger partial charge in [0.05, 0.1) is 6.61 Å². The lowest BCUT2D eigenvalue weighted by atomic mass is 9.98. The molecule has 0 aromatic heterocycles. The minimum Gasteiger partial charge on any atom is -0.456 e. The molecule has 2 aliphatic heterocycles. The first-order chi connectivity index (χ1) is 12.0. The average Bonchev–Trinajstić information content (AvgIpc) is 2.58. The molecule has 136 valence electrons. The van der Waals surface area contributed by atoms with Crippen LogP contribution in [-0.4, -0.2) is 48.0 Å². The van der Waals surface area contributed by atoms with Crippen LogP contribution in [0.25, 0.3) is 0 Å². The molecule has 2 aliphatic rings. The standard InChI is InChI=1S/C17H19BrO7/c1-9(19)22-14-13-12(24-16(18)15(14)23-10(2)20)8-21-17(25-13)11-6-4-3-5-7-11/h3-7,12-17H,8H2,1-2H3/t12-,13-,14+,15-,16+,17?/m1/s1. The molecule has 0 radical (unpaired) electrons. The molecule has 1 aromatic rings. The maximum Gasteiger partial charge on any atom is 0.303 e. The summed E-state index contributed by atoms with van der Waals surface area (Å²) in [7, 11) is 0. The monoisotopic (exact) mass is 414 g/mol. The number of rotatable bonds is 3. The van der Waals surface area contributed by atoms with Crippen LogP contribution in [0.2, 0.25) is 0 Å². The molecule has 8 heteroatoms. The fraction of sp³-hybridized carbons (Fsp3) is 0.529. The summed E-state index contributed by atoms with van der Waals surface area (Å²) in [5.41, 5.74) is 0.840. The van der Waals surface area contributed by atoms with E-state index in [2.05, 4.69) is 15.9 Å². The Hall–Kier alpha value is -1.48. The predicted molar refractivity (Wildman–Crippen MR) is 88.7 cm³/mol. The largest absolute Gasteiger partial charge is 0.456 e. The van der Waals surface area contributed by atoms with Gasteiger partial charge in [-0.2, -0.15) is 0 Å². The molecule has 0 spiro atoms. The normalized spacial score (nSPS) is 34.7. The first kappa shape index (κ1) is 18.3. The maximum absolute atomic E-state index is 11.6. The van der Waals surface area contributed by atoms with Crippen molar-refractivity contribution in [1.29, 1.82) is 0 Å². The van der Waals surface area contributed by atoms with E-state index in [0.717, 1.165) is 5.56 Å². The van der Waals surface area contributed by atoms with E-state index < -0.39 is 47.7 Å². The second kappa shape index (κ2) is 7.82. The summed E-state index contributed by atoms with van der Waals surface area (Å²) in [5, 5.41) is -0.637. The number of benzene rings is 1. The van der Waals surface area contributed by atoms with Crippen LogP contribution in [0.5, 0.6) is 0 Å². The molecular weight excluding hydrogens is 396 g/mol. The lowest BCUT2D eigenvalue weighted by molar-refractivity contribution is -0.320. The predicted octanol–water partition coefficient (Wildman–Crippen LogP) is 2.08. The summed E-state index contributed by atoms with van der Waals surface area (Å²) < 4.78 is 28.3. The molecule has 0 saturated carbocycles. The van der Waals surface area contributed by atoms with Gasteiger partial charge in [-0.1, -0.05) is 46.3 Å². The number of fused-ring (bicyclic) bond motifs is 1. The van der Waals surface area contributed by atoms with Gasteiger partial charge < -0.3 is 23.7 Å². The zero-order chi connectivity index (χ0) is 18.0. The van der Waals surface area contributed by atoms with Crippen LogP contribution in [0.4, 0.5) is 0 Å². The second-order valence-electron chi connectivity index (χ2n) is 5.85. The summed E-state index contributed by atoms with van der Waals surface area (Å²) >= 11 is 3.33. The SMILES string of the molecule is CC(=O)O[C@@H]1[C@@H](OC(C)=O)[C@@H](Br)O[C@@H]2COC(c3ccccc3)O[C@@H]12. The Morgan fingerprint density at radius 1 is 1.04 bits per heavy atom. The molecule has 0 N–H and O–H groups in total. The van der Waals surface area contributed by atoms with Crippen molar-refractivity contribution < 1.29 is 33.3 Å². The van der Waals surface area contributed by atoms with Crippen molar-refractivity contribution in [3.8, 4) is 0 Å². The Morgan fingerprint density at radius 2 is 1.68 bits per heavy atom. The molecular formula is C17H19BrO7. The summed E-state index contributed by atoms with van der Waals surface area (Å²) in [6.07, 6.45) is -3.33. The van der Waals surface area contributed by atoms with Gasteiger partial charge in [0.2, 0.25) is 0 Å². The van der Waals surface area contributed by atoms with Gasteiger partial charge in [-0.05, 0) is 0 Å². The van der Waals surface area contributed by atoms with Crippen molar-refractivity contribution in [3.05, 3.63) is 35.9 Å². The number of carbonyl (C=O) groups is 2. The third-order valence-corrected chi connectivity index (χ3v) is 4.68. The molecule has 0 bridgehead atoms. The molecule has 2 saturated heterocycles. The van der Waals surface area contributed by atoms with E-state index in [1.807, 2.05) is 30.3 Å². The fourth-order valence-electron chi connectivity index (χ4n) is 2.96. The molecule has 1 unspecified atom stereocenters. The third-order valence-electron chi connectivity index (χ3n) is 3.95. The van der Waals surface area contributed by atoms with Crippen LogP contribution in [0, 0.1) is 0 Å². The van der Waals surface area contributed by atoms with Gasteiger partial charge >= 0.3 is 11.9 Å². The Labute approximate surface area is 153 Å². The number of halogens is 1. The summed E-state index contributed by atoms with van der Waals surface area (Å²) in [4.78, 5) is 23.0. The van der Waals surface area contributed by atoms with E-state index in [1.54, 1.807) is 0 Å². The number of ether oxygens (including phenoxy) is 5. The van der Waals surface area contributed by atoms with Crippen molar-refractivity contribution >= 4 is 27.9 Å². The summed E-state index contributed by atoms with van der Waals surface area (Å²) in [6, 6.07) is 9.42. The van der Waals surface area contributed by atoms with Crippen LogP contribution >= 0.6 is 15.9 Å². The molecule has 1 aromatic carbocycles. The van der Waals surface area contributed by atoms with E-state index in [0.29, 0.717) is 0 Å². The van der Waals surface area contributed by atoms with Crippen LogP contribution in [0.1, 0.15) is 25.7 Å². The van der Waals surface area contributed by atoms with Crippen molar-refractivity contribution in [2.75, 3.05) is 6.61 Å². The average molecular weight is 415 g/mol. The smallest absolute Gasteiger partial charge is 0.303 e. The Balaban J connectivity index is 1.84. The van der Waals surface area contributed by atoms with Gasteiger partial charge in [-0.25, -0.2) is 0 Å². The quantitative estimate of drug-likeness (QED) is 0.553. The highest BCUT2D eigenvalue weighted by atomic mass is 79.9. The van der Waals surface area contributed by atoms with Gasteiger partial charge in [-0.3, -0.25) is 9.59 Å². The first-order valence-electron chi connectivity index (χ1n) is 7.91.